The fourth-order valence-corrected chi connectivity index (χ4v) is 4.85. The molecule has 2 saturated heterocycles. The first-order valence-electron chi connectivity index (χ1n) is 10.5. The molecule has 2 aliphatic heterocycles. The van der Waals surface area contributed by atoms with Crippen molar-refractivity contribution in [2.24, 2.45) is 5.92 Å². The third-order valence-corrected chi connectivity index (χ3v) is 6.41. The summed E-state index contributed by atoms with van der Waals surface area (Å²) in [6, 6.07) is 0. The molecule has 1 atom stereocenters. The van der Waals surface area contributed by atoms with Gasteiger partial charge >= 0.3 is 0 Å². The first kappa shape index (κ1) is 18.8. The Morgan fingerprint density at radius 3 is 2.85 bits per heavy atom. The van der Waals surface area contributed by atoms with E-state index in [-0.39, 0.29) is 11.4 Å². The highest BCUT2D eigenvalue weighted by molar-refractivity contribution is 5.91. The SMILES string of the molecule is O=C(NCC1(N2CCOCC2)CCCC1)c1cn(C[C@H]2CCCNC2)nn1. The van der Waals surface area contributed by atoms with Crippen LogP contribution >= 0.6 is 0 Å². The largest absolute Gasteiger partial charge is 0.379 e. The van der Waals surface area contributed by atoms with E-state index in [2.05, 4.69) is 25.8 Å². The highest BCUT2D eigenvalue weighted by atomic mass is 16.5. The van der Waals surface area contributed by atoms with Crippen molar-refractivity contribution in [3.05, 3.63) is 11.9 Å². The van der Waals surface area contributed by atoms with Gasteiger partial charge in [0.15, 0.2) is 5.69 Å². The van der Waals surface area contributed by atoms with Crippen molar-refractivity contribution in [2.75, 3.05) is 45.9 Å². The summed E-state index contributed by atoms with van der Waals surface area (Å²) in [5.74, 6) is 0.460. The zero-order valence-electron chi connectivity index (χ0n) is 16.2. The number of morpholine rings is 1. The Balaban J connectivity index is 1.33. The summed E-state index contributed by atoms with van der Waals surface area (Å²) in [7, 11) is 0. The van der Waals surface area contributed by atoms with Gasteiger partial charge < -0.3 is 15.4 Å². The topological polar surface area (TPSA) is 84.3 Å². The van der Waals surface area contributed by atoms with E-state index >= 15 is 0 Å². The van der Waals surface area contributed by atoms with Gasteiger partial charge in [-0.15, -0.1) is 5.10 Å². The minimum atomic E-state index is -0.109. The van der Waals surface area contributed by atoms with Crippen LogP contribution in [0, 0.1) is 5.92 Å². The normalized spacial score (nSPS) is 26.1. The van der Waals surface area contributed by atoms with E-state index in [0.717, 1.165) is 58.8 Å². The fraction of sp³-hybridized carbons (Fsp3) is 0.842. The average Bonchev–Trinajstić information content (AvgIpc) is 3.38. The molecule has 27 heavy (non-hydrogen) atoms. The summed E-state index contributed by atoms with van der Waals surface area (Å²) >= 11 is 0. The minimum Gasteiger partial charge on any atom is -0.379 e. The molecule has 0 spiro atoms. The molecule has 1 aliphatic carbocycles. The molecule has 0 radical (unpaired) electrons. The molecule has 8 nitrogen and oxygen atoms in total. The predicted octanol–water partition coefficient (Wildman–Crippen LogP) is 0.653. The van der Waals surface area contributed by atoms with Gasteiger partial charge in [0.25, 0.3) is 5.91 Å². The molecular weight excluding hydrogens is 344 g/mol. The molecule has 3 fully saturated rings. The molecule has 0 unspecified atom stereocenters. The fourth-order valence-electron chi connectivity index (χ4n) is 4.85. The highest BCUT2D eigenvalue weighted by Gasteiger charge is 2.40. The number of hydrogen-bond donors (Lipinski definition) is 2. The van der Waals surface area contributed by atoms with Gasteiger partial charge in [0.2, 0.25) is 0 Å². The molecule has 1 aromatic heterocycles. The van der Waals surface area contributed by atoms with Gasteiger partial charge in [-0.3, -0.25) is 14.4 Å². The molecule has 150 valence electrons. The second kappa shape index (κ2) is 8.67. The smallest absolute Gasteiger partial charge is 0.273 e. The highest BCUT2D eigenvalue weighted by Crippen LogP contribution is 2.35. The molecule has 3 heterocycles. The Morgan fingerprint density at radius 2 is 2.11 bits per heavy atom. The van der Waals surface area contributed by atoms with E-state index in [9.17, 15) is 4.79 Å². The molecule has 1 amide bonds. The van der Waals surface area contributed by atoms with Crippen molar-refractivity contribution in [2.45, 2.75) is 50.6 Å². The van der Waals surface area contributed by atoms with Crippen LogP contribution in [-0.4, -0.2) is 77.3 Å². The molecule has 0 bridgehead atoms. The Hall–Kier alpha value is -1.51. The van der Waals surface area contributed by atoms with Crippen LogP contribution in [0.2, 0.25) is 0 Å². The number of piperidine rings is 1. The summed E-state index contributed by atoms with van der Waals surface area (Å²) in [5, 5.41) is 14.8. The zero-order chi connectivity index (χ0) is 18.5. The van der Waals surface area contributed by atoms with Gasteiger partial charge in [0.05, 0.1) is 19.4 Å². The monoisotopic (exact) mass is 376 g/mol. The lowest BCUT2D eigenvalue weighted by atomic mass is 9.94. The summed E-state index contributed by atoms with van der Waals surface area (Å²) < 4.78 is 7.33. The van der Waals surface area contributed by atoms with Crippen LogP contribution in [0.25, 0.3) is 0 Å². The Morgan fingerprint density at radius 1 is 1.30 bits per heavy atom. The van der Waals surface area contributed by atoms with Crippen LogP contribution in [0.3, 0.4) is 0 Å². The number of carbonyl (C=O) groups excluding carboxylic acids is 1. The predicted molar refractivity (Wildman–Crippen MR) is 102 cm³/mol. The molecule has 1 saturated carbocycles. The van der Waals surface area contributed by atoms with E-state index in [1.165, 1.54) is 25.7 Å². The second-order valence-corrected chi connectivity index (χ2v) is 8.25. The maximum Gasteiger partial charge on any atom is 0.273 e. The van der Waals surface area contributed by atoms with E-state index in [1.807, 2.05) is 4.68 Å². The minimum absolute atomic E-state index is 0.0865. The van der Waals surface area contributed by atoms with Crippen molar-refractivity contribution in [1.82, 2.24) is 30.5 Å². The molecule has 3 aliphatic rings. The van der Waals surface area contributed by atoms with Gasteiger partial charge in [-0.05, 0) is 44.7 Å². The third kappa shape index (κ3) is 4.50. The number of carbonyl (C=O) groups is 1. The number of nitrogens with one attached hydrogen (secondary N) is 2. The van der Waals surface area contributed by atoms with E-state index in [4.69, 9.17) is 4.74 Å². The first-order chi connectivity index (χ1) is 13.3. The Labute approximate surface area is 161 Å². The van der Waals surface area contributed by atoms with Crippen molar-refractivity contribution >= 4 is 5.91 Å². The summed E-state index contributed by atoms with van der Waals surface area (Å²) in [6.45, 7) is 7.13. The average molecular weight is 377 g/mol. The lowest BCUT2D eigenvalue weighted by molar-refractivity contribution is -0.0199. The number of ether oxygens (including phenoxy) is 1. The Bertz CT molecular complexity index is 615. The lowest BCUT2D eigenvalue weighted by Gasteiger charge is -2.43. The quantitative estimate of drug-likeness (QED) is 0.759. The van der Waals surface area contributed by atoms with E-state index in [0.29, 0.717) is 18.2 Å². The van der Waals surface area contributed by atoms with Crippen LogP contribution in [0.5, 0.6) is 0 Å². The van der Waals surface area contributed by atoms with Gasteiger partial charge in [-0.25, -0.2) is 0 Å². The molecule has 2 N–H and O–H groups in total. The molecule has 8 heteroatoms. The van der Waals surface area contributed by atoms with Crippen LogP contribution < -0.4 is 10.6 Å². The zero-order valence-corrected chi connectivity index (χ0v) is 16.2. The van der Waals surface area contributed by atoms with Gasteiger partial charge in [-0.2, -0.15) is 0 Å². The van der Waals surface area contributed by atoms with Crippen molar-refractivity contribution in [3.63, 3.8) is 0 Å². The lowest BCUT2D eigenvalue weighted by Crippen LogP contribution is -2.57. The second-order valence-electron chi connectivity index (χ2n) is 8.25. The molecular formula is C19H32N6O2. The molecule has 4 rings (SSSR count). The van der Waals surface area contributed by atoms with Crippen LogP contribution in [0.4, 0.5) is 0 Å². The maximum absolute atomic E-state index is 12.6. The maximum atomic E-state index is 12.6. The summed E-state index contributed by atoms with van der Waals surface area (Å²) in [5.41, 5.74) is 0.511. The molecule has 0 aromatic carbocycles. The van der Waals surface area contributed by atoms with Gasteiger partial charge in [0.1, 0.15) is 0 Å². The number of rotatable bonds is 6. The number of nitrogens with zero attached hydrogens (tertiary/aromatic N) is 4. The van der Waals surface area contributed by atoms with Gasteiger partial charge in [-0.1, -0.05) is 18.1 Å². The van der Waals surface area contributed by atoms with E-state index < -0.39 is 0 Å². The summed E-state index contributed by atoms with van der Waals surface area (Å²) in [4.78, 5) is 15.2. The van der Waals surface area contributed by atoms with Crippen LogP contribution in [-0.2, 0) is 11.3 Å². The van der Waals surface area contributed by atoms with Crippen molar-refractivity contribution in [3.8, 4) is 0 Å². The third-order valence-electron chi connectivity index (χ3n) is 6.41. The first-order valence-corrected chi connectivity index (χ1v) is 10.5. The van der Waals surface area contributed by atoms with Crippen LogP contribution in [0.15, 0.2) is 6.20 Å². The Kier molecular flexibility index (Phi) is 6.04. The number of hydrogen-bond acceptors (Lipinski definition) is 6. The standard InChI is InChI=1S/C19H32N6O2/c26-18(17-14-25(23-22-17)13-16-4-3-7-20-12-16)21-15-19(5-1-2-6-19)24-8-10-27-11-9-24/h14,16,20H,1-13,15H2,(H,21,26)/t16-/m0/s1. The van der Waals surface area contributed by atoms with Crippen molar-refractivity contribution in [1.29, 1.82) is 0 Å². The number of aromatic nitrogens is 3. The van der Waals surface area contributed by atoms with E-state index in [1.54, 1.807) is 6.20 Å². The van der Waals surface area contributed by atoms with Crippen LogP contribution in [0.1, 0.15) is 49.0 Å². The number of amides is 1. The molecule has 1 aromatic rings. The van der Waals surface area contributed by atoms with Crippen molar-refractivity contribution < 1.29 is 9.53 Å². The van der Waals surface area contributed by atoms with Gasteiger partial charge in [0, 0.05) is 31.7 Å². The summed E-state index contributed by atoms with van der Waals surface area (Å²) in [6.07, 6.45) is 8.97.